The summed E-state index contributed by atoms with van der Waals surface area (Å²) in [6, 6.07) is 6.84. The van der Waals surface area contributed by atoms with Crippen molar-refractivity contribution < 1.29 is 22.0 Å². The van der Waals surface area contributed by atoms with E-state index in [1.54, 1.807) is 0 Å². The van der Waals surface area contributed by atoms with Crippen LogP contribution in [0.25, 0.3) is 0 Å². The Labute approximate surface area is 149 Å². The van der Waals surface area contributed by atoms with Crippen LogP contribution in [0.2, 0.25) is 5.02 Å². The van der Waals surface area contributed by atoms with E-state index in [4.69, 9.17) is 11.6 Å². The van der Waals surface area contributed by atoms with E-state index in [9.17, 15) is 22.0 Å². The molecule has 0 radical (unpaired) electrons. The first-order valence-corrected chi connectivity index (χ1v) is 9.05. The number of hydrogen-bond donors (Lipinski definition) is 2. The van der Waals surface area contributed by atoms with Crippen molar-refractivity contribution in [3.8, 4) is 0 Å². The Morgan fingerprint density at radius 1 is 1.12 bits per heavy atom. The van der Waals surface area contributed by atoms with E-state index in [1.807, 2.05) is 0 Å². The predicted molar refractivity (Wildman–Crippen MR) is 90.1 cm³/mol. The summed E-state index contributed by atoms with van der Waals surface area (Å²) in [4.78, 5) is 12.1. The average Bonchev–Trinajstić information content (AvgIpc) is 2.54. The lowest BCUT2D eigenvalue weighted by Crippen LogP contribution is -2.26. The molecule has 2 aromatic rings. The van der Waals surface area contributed by atoms with Gasteiger partial charge in [-0.05, 0) is 49.4 Å². The molecule has 5 nitrogen and oxygen atoms in total. The predicted octanol–water partition coefficient (Wildman–Crippen LogP) is 2.50. The van der Waals surface area contributed by atoms with Crippen LogP contribution < -0.4 is 10.0 Å². The summed E-state index contributed by atoms with van der Waals surface area (Å²) in [5.74, 6) is -1.99. The minimum Gasteiger partial charge on any atom is -0.352 e. The Morgan fingerprint density at radius 3 is 2.36 bits per heavy atom. The molecule has 0 heterocycles. The van der Waals surface area contributed by atoms with Gasteiger partial charge in [-0.15, -0.1) is 0 Å². The third-order valence-corrected chi connectivity index (χ3v) is 5.12. The van der Waals surface area contributed by atoms with Crippen LogP contribution in [0, 0.1) is 11.6 Å². The molecular formula is C16H15ClF2N2O3S. The highest BCUT2D eigenvalue weighted by Crippen LogP contribution is 2.20. The Morgan fingerprint density at radius 2 is 1.76 bits per heavy atom. The molecule has 0 saturated carbocycles. The van der Waals surface area contributed by atoms with Crippen LogP contribution in [0.1, 0.15) is 15.9 Å². The highest BCUT2D eigenvalue weighted by Gasteiger charge is 2.17. The number of benzene rings is 2. The molecule has 9 heteroatoms. The second-order valence-electron chi connectivity index (χ2n) is 5.13. The molecule has 0 bridgehead atoms. The number of carbonyl (C=O) groups excluding carboxylic acids is 1. The molecule has 0 spiro atoms. The van der Waals surface area contributed by atoms with Crippen LogP contribution in [0.3, 0.4) is 0 Å². The van der Waals surface area contributed by atoms with Crippen molar-refractivity contribution in [2.45, 2.75) is 11.3 Å². The first-order chi connectivity index (χ1) is 11.7. The minimum atomic E-state index is -3.72. The fourth-order valence-corrected chi connectivity index (χ4v) is 3.09. The summed E-state index contributed by atoms with van der Waals surface area (Å²) in [5, 5.41) is 2.63. The van der Waals surface area contributed by atoms with Gasteiger partial charge in [-0.1, -0.05) is 11.6 Å². The fraction of sp³-hybridized carbons (Fsp3) is 0.188. The average molecular weight is 389 g/mol. The maximum Gasteiger partial charge on any atom is 0.252 e. The van der Waals surface area contributed by atoms with E-state index in [1.165, 1.54) is 31.3 Å². The standard InChI is InChI=1S/C16H15ClF2N2O3S/c1-20-25(23,24)13-2-3-15(17)14(9-13)16(22)21-5-4-10-6-11(18)8-12(19)7-10/h2-3,6-9,20H,4-5H2,1H3,(H,21,22). The third-order valence-electron chi connectivity index (χ3n) is 3.38. The van der Waals surface area contributed by atoms with Gasteiger partial charge in [0.2, 0.25) is 10.0 Å². The molecule has 1 amide bonds. The van der Waals surface area contributed by atoms with Gasteiger partial charge in [0.05, 0.1) is 15.5 Å². The van der Waals surface area contributed by atoms with Gasteiger partial charge in [0, 0.05) is 12.6 Å². The molecule has 0 aromatic heterocycles. The van der Waals surface area contributed by atoms with Crippen molar-refractivity contribution in [3.63, 3.8) is 0 Å². The zero-order valence-corrected chi connectivity index (χ0v) is 14.7. The summed E-state index contributed by atoms with van der Waals surface area (Å²) in [6.45, 7) is 0.0983. The van der Waals surface area contributed by atoms with Crippen LogP contribution in [0.15, 0.2) is 41.3 Å². The highest BCUT2D eigenvalue weighted by atomic mass is 35.5. The van der Waals surface area contributed by atoms with Gasteiger partial charge >= 0.3 is 0 Å². The van der Waals surface area contributed by atoms with Crippen molar-refractivity contribution in [2.75, 3.05) is 13.6 Å². The number of rotatable bonds is 6. The van der Waals surface area contributed by atoms with Gasteiger partial charge in [-0.3, -0.25) is 4.79 Å². The van der Waals surface area contributed by atoms with E-state index in [-0.39, 0.29) is 28.4 Å². The maximum atomic E-state index is 13.1. The highest BCUT2D eigenvalue weighted by molar-refractivity contribution is 7.89. The van der Waals surface area contributed by atoms with E-state index in [0.717, 1.165) is 12.1 Å². The Hall–Kier alpha value is -2.03. The van der Waals surface area contributed by atoms with E-state index in [2.05, 4.69) is 10.0 Å². The third kappa shape index (κ3) is 4.97. The molecule has 0 fully saturated rings. The van der Waals surface area contributed by atoms with Crippen LogP contribution in [-0.2, 0) is 16.4 Å². The summed E-state index contributed by atoms with van der Waals surface area (Å²) in [5.41, 5.74) is 0.374. The lowest BCUT2D eigenvalue weighted by molar-refractivity contribution is 0.0954. The van der Waals surface area contributed by atoms with E-state index < -0.39 is 27.6 Å². The summed E-state index contributed by atoms with van der Waals surface area (Å²) in [7, 11) is -2.46. The SMILES string of the molecule is CNS(=O)(=O)c1ccc(Cl)c(C(=O)NCCc2cc(F)cc(F)c2)c1. The molecule has 2 N–H and O–H groups in total. The lowest BCUT2D eigenvalue weighted by atomic mass is 10.1. The molecular weight excluding hydrogens is 374 g/mol. The lowest BCUT2D eigenvalue weighted by Gasteiger charge is -2.09. The molecule has 25 heavy (non-hydrogen) atoms. The van der Waals surface area contributed by atoms with Crippen LogP contribution in [0.4, 0.5) is 8.78 Å². The topological polar surface area (TPSA) is 75.3 Å². The molecule has 0 aliphatic rings. The summed E-state index contributed by atoms with van der Waals surface area (Å²) in [6.07, 6.45) is 0.201. The van der Waals surface area contributed by atoms with E-state index >= 15 is 0 Å². The molecule has 0 atom stereocenters. The second kappa shape index (κ2) is 7.90. The van der Waals surface area contributed by atoms with Crippen molar-refractivity contribution in [1.82, 2.24) is 10.0 Å². The minimum absolute atomic E-state index is 0.0107. The molecule has 0 aliphatic heterocycles. The number of halogens is 3. The van der Waals surface area contributed by atoms with Gasteiger partial charge in [-0.25, -0.2) is 21.9 Å². The zero-order valence-electron chi connectivity index (χ0n) is 13.1. The van der Waals surface area contributed by atoms with Crippen LogP contribution in [0.5, 0.6) is 0 Å². The Balaban J connectivity index is 2.09. The van der Waals surface area contributed by atoms with Gasteiger partial charge in [0.15, 0.2) is 0 Å². The first kappa shape index (κ1) is 19.3. The van der Waals surface area contributed by atoms with Crippen molar-refractivity contribution in [1.29, 1.82) is 0 Å². The van der Waals surface area contributed by atoms with Gasteiger partial charge in [0.1, 0.15) is 11.6 Å². The van der Waals surface area contributed by atoms with E-state index in [0.29, 0.717) is 5.56 Å². The Kier molecular flexibility index (Phi) is 6.10. The largest absolute Gasteiger partial charge is 0.352 e. The number of hydrogen-bond acceptors (Lipinski definition) is 3. The first-order valence-electron chi connectivity index (χ1n) is 7.19. The Bertz CT molecular complexity index is 884. The molecule has 0 aliphatic carbocycles. The molecule has 0 saturated heterocycles. The van der Waals surface area contributed by atoms with Gasteiger partial charge in [0.25, 0.3) is 5.91 Å². The molecule has 2 aromatic carbocycles. The normalized spacial score (nSPS) is 11.4. The summed E-state index contributed by atoms with van der Waals surface area (Å²) >= 11 is 5.95. The number of amides is 1. The smallest absolute Gasteiger partial charge is 0.252 e. The van der Waals surface area contributed by atoms with Crippen molar-refractivity contribution in [2.24, 2.45) is 0 Å². The quantitative estimate of drug-likeness (QED) is 0.798. The molecule has 0 unspecified atom stereocenters. The van der Waals surface area contributed by atoms with Gasteiger partial charge in [-0.2, -0.15) is 0 Å². The van der Waals surface area contributed by atoms with Crippen molar-refractivity contribution in [3.05, 3.63) is 64.2 Å². The second-order valence-corrected chi connectivity index (χ2v) is 7.43. The number of nitrogens with one attached hydrogen (secondary N) is 2. The van der Waals surface area contributed by atoms with Crippen LogP contribution in [-0.4, -0.2) is 27.9 Å². The monoisotopic (exact) mass is 388 g/mol. The molecule has 2 rings (SSSR count). The van der Waals surface area contributed by atoms with Gasteiger partial charge < -0.3 is 5.32 Å². The number of sulfonamides is 1. The van der Waals surface area contributed by atoms with Crippen LogP contribution >= 0.6 is 11.6 Å². The number of carbonyl (C=O) groups is 1. The fourth-order valence-electron chi connectivity index (χ4n) is 2.13. The molecule has 134 valence electrons. The maximum absolute atomic E-state index is 13.1. The summed E-state index contributed by atoms with van der Waals surface area (Å²) < 4.78 is 52.0. The zero-order chi connectivity index (χ0) is 18.6. The van der Waals surface area contributed by atoms with Crippen molar-refractivity contribution >= 4 is 27.5 Å².